The summed E-state index contributed by atoms with van der Waals surface area (Å²) in [4.78, 5) is 7.73. The summed E-state index contributed by atoms with van der Waals surface area (Å²) in [5.74, 6) is -1.32. The average molecular weight is 255 g/mol. The highest BCUT2D eigenvalue weighted by Crippen LogP contribution is 2.29. The number of hydrogen-bond acceptors (Lipinski definition) is 2. The van der Waals surface area contributed by atoms with Crippen LogP contribution in [-0.4, -0.2) is 9.97 Å². The Hall–Kier alpha value is -1.55. The normalized spacial score (nSPS) is 10.6. The Labute approximate surface area is 102 Å². The largest absolute Gasteiger partial charge is 0.236 e. The van der Waals surface area contributed by atoms with Crippen LogP contribution < -0.4 is 0 Å². The van der Waals surface area contributed by atoms with Crippen LogP contribution in [-0.2, 0) is 6.42 Å². The molecule has 1 heterocycles. The van der Waals surface area contributed by atoms with Crippen molar-refractivity contribution < 1.29 is 8.78 Å². The first kappa shape index (κ1) is 11.9. The van der Waals surface area contributed by atoms with Gasteiger partial charge in [0.2, 0.25) is 0 Å². The second-order valence-corrected chi connectivity index (χ2v) is 3.80. The highest BCUT2D eigenvalue weighted by molar-refractivity contribution is 6.30. The fraction of sp³-hybridized carbons (Fsp3) is 0.167. The fourth-order valence-corrected chi connectivity index (χ4v) is 1.91. The molecule has 2 nitrogen and oxygen atoms in total. The van der Waals surface area contributed by atoms with E-state index < -0.39 is 11.6 Å². The molecule has 17 heavy (non-hydrogen) atoms. The van der Waals surface area contributed by atoms with Gasteiger partial charge in [-0.3, -0.25) is 0 Å². The van der Waals surface area contributed by atoms with Crippen molar-refractivity contribution in [3.05, 3.63) is 46.9 Å². The van der Waals surface area contributed by atoms with Crippen LogP contribution in [0.5, 0.6) is 0 Å². The maximum Gasteiger partial charge on any atom is 0.136 e. The molecule has 0 amide bonds. The third-order valence-corrected chi connectivity index (χ3v) is 2.77. The van der Waals surface area contributed by atoms with E-state index >= 15 is 0 Å². The average Bonchev–Trinajstić information content (AvgIpc) is 2.29. The molecule has 0 radical (unpaired) electrons. The first-order chi connectivity index (χ1) is 8.15. The van der Waals surface area contributed by atoms with Gasteiger partial charge in [0, 0.05) is 5.56 Å². The third kappa shape index (κ3) is 2.13. The van der Waals surface area contributed by atoms with Crippen molar-refractivity contribution in [1.29, 1.82) is 0 Å². The number of aromatic nitrogens is 2. The number of benzene rings is 1. The minimum Gasteiger partial charge on any atom is -0.236 e. The van der Waals surface area contributed by atoms with E-state index in [1.807, 2.05) is 6.92 Å². The van der Waals surface area contributed by atoms with Gasteiger partial charge in [0.15, 0.2) is 0 Å². The van der Waals surface area contributed by atoms with Crippen molar-refractivity contribution >= 4 is 11.6 Å². The molecule has 88 valence electrons. The molecule has 0 N–H and O–H groups in total. The van der Waals surface area contributed by atoms with Crippen LogP contribution in [0.15, 0.2) is 24.5 Å². The molecule has 0 saturated heterocycles. The van der Waals surface area contributed by atoms with Gasteiger partial charge < -0.3 is 0 Å². The van der Waals surface area contributed by atoms with Crippen LogP contribution in [0.2, 0.25) is 5.15 Å². The van der Waals surface area contributed by atoms with Gasteiger partial charge in [-0.15, -0.1) is 0 Å². The van der Waals surface area contributed by atoms with Crippen molar-refractivity contribution in [2.24, 2.45) is 0 Å². The van der Waals surface area contributed by atoms with E-state index in [1.165, 1.54) is 24.5 Å². The molecule has 0 unspecified atom stereocenters. The Morgan fingerprint density at radius 1 is 1.18 bits per heavy atom. The van der Waals surface area contributed by atoms with E-state index in [4.69, 9.17) is 11.6 Å². The summed E-state index contributed by atoms with van der Waals surface area (Å²) < 4.78 is 27.3. The Morgan fingerprint density at radius 2 is 1.82 bits per heavy atom. The summed E-state index contributed by atoms with van der Waals surface area (Å²) >= 11 is 5.89. The molecule has 0 aliphatic rings. The first-order valence-electron chi connectivity index (χ1n) is 5.09. The minimum atomic E-state index is -0.658. The molecule has 1 aromatic heterocycles. The molecular formula is C12H9ClF2N2. The molecule has 0 saturated carbocycles. The van der Waals surface area contributed by atoms with E-state index in [0.29, 0.717) is 12.0 Å². The Morgan fingerprint density at radius 3 is 2.41 bits per heavy atom. The van der Waals surface area contributed by atoms with Crippen LogP contribution in [0.25, 0.3) is 11.3 Å². The molecule has 0 atom stereocenters. The van der Waals surface area contributed by atoms with Gasteiger partial charge >= 0.3 is 0 Å². The Kier molecular flexibility index (Phi) is 3.33. The lowest BCUT2D eigenvalue weighted by Crippen LogP contribution is -1.99. The van der Waals surface area contributed by atoms with Crippen molar-refractivity contribution in [3.63, 3.8) is 0 Å². The molecule has 0 bridgehead atoms. The van der Waals surface area contributed by atoms with Crippen molar-refractivity contribution in [2.45, 2.75) is 13.3 Å². The predicted molar refractivity (Wildman–Crippen MR) is 61.8 cm³/mol. The summed E-state index contributed by atoms with van der Waals surface area (Å²) in [7, 11) is 0. The molecule has 5 heteroatoms. The maximum absolute atomic E-state index is 13.6. The minimum absolute atomic E-state index is 0.159. The zero-order valence-electron chi connectivity index (χ0n) is 9.04. The highest BCUT2D eigenvalue weighted by Gasteiger charge is 2.17. The zero-order chi connectivity index (χ0) is 12.4. The monoisotopic (exact) mass is 254 g/mol. The fourth-order valence-electron chi connectivity index (χ4n) is 1.64. The van der Waals surface area contributed by atoms with Crippen molar-refractivity contribution in [2.75, 3.05) is 0 Å². The van der Waals surface area contributed by atoms with E-state index in [1.54, 1.807) is 0 Å². The molecule has 2 rings (SSSR count). The first-order valence-corrected chi connectivity index (χ1v) is 5.46. The lowest BCUT2D eigenvalue weighted by atomic mass is 10.0. The quantitative estimate of drug-likeness (QED) is 0.765. The molecule has 0 spiro atoms. The second kappa shape index (κ2) is 4.75. The van der Waals surface area contributed by atoms with Crippen LogP contribution >= 0.6 is 11.6 Å². The summed E-state index contributed by atoms with van der Waals surface area (Å²) in [5.41, 5.74) is 0.593. The predicted octanol–water partition coefficient (Wildman–Crippen LogP) is 3.64. The smallest absolute Gasteiger partial charge is 0.136 e. The lowest BCUT2D eigenvalue weighted by Gasteiger charge is -2.09. The van der Waals surface area contributed by atoms with Crippen LogP contribution in [0.4, 0.5) is 8.78 Å². The molecule has 0 aliphatic heterocycles. The second-order valence-electron chi connectivity index (χ2n) is 3.44. The topological polar surface area (TPSA) is 25.8 Å². The molecular weight excluding hydrogens is 246 g/mol. The number of rotatable bonds is 2. The molecule has 0 aliphatic carbocycles. The van der Waals surface area contributed by atoms with Crippen molar-refractivity contribution in [1.82, 2.24) is 9.97 Å². The van der Waals surface area contributed by atoms with Gasteiger partial charge in [0.1, 0.15) is 23.1 Å². The van der Waals surface area contributed by atoms with E-state index in [9.17, 15) is 8.78 Å². The van der Waals surface area contributed by atoms with E-state index in [2.05, 4.69) is 9.97 Å². The van der Waals surface area contributed by atoms with Crippen LogP contribution in [0, 0.1) is 11.6 Å². The number of nitrogens with zero attached hydrogens (tertiary/aromatic N) is 2. The van der Waals surface area contributed by atoms with Gasteiger partial charge in [0.25, 0.3) is 0 Å². The molecule has 0 fully saturated rings. The highest BCUT2D eigenvalue weighted by atomic mass is 35.5. The Bertz CT molecular complexity index is 538. The molecule has 1 aromatic carbocycles. The maximum atomic E-state index is 13.6. The number of hydrogen-bond donors (Lipinski definition) is 0. The summed E-state index contributed by atoms with van der Waals surface area (Å²) in [5, 5.41) is 0.222. The van der Waals surface area contributed by atoms with E-state index in [0.717, 1.165) is 0 Å². The van der Waals surface area contributed by atoms with Gasteiger partial charge in [-0.2, -0.15) is 0 Å². The standard InChI is InChI=1S/C12H9ClF2N2/c1-2-7-11(16-6-17-12(7)13)10-8(14)4-3-5-9(10)15/h3-6H,2H2,1H3. The van der Waals surface area contributed by atoms with Gasteiger partial charge in [-0.1, -0.05) is 24.6 Å². The number of halogens is 3. The third-order valence-electron chi connectivity index (χ3n) is 2.45. The van der Waals surface area contributed by atoms with Crippen LogP contribution in [0.1, 0.15) is 12.5 Å². The van der Waals surface area contributed by atoms with Crippen molar-refractivity contribution in [3.8, 4) is 11.3 Å². The summed E-state index contributed by atoms with van der Waals surface area (Å²) in [6.45, 7) is 1.83. The van der Waals surface area contributed by atoms with Gasteiger partial charge in [0.05, 0.1) is 11.3 Å². The van der Waals surface area contributed by atoms with E-state index in [-0.39, 0.29) is 16.4 Å². The SMILES string of the molecule is CCc1c(Cl)ncnc1-c1c(F)cccc1F. The Balaban J connectivity index is 2.73. The summed E-state index contributed by atoms with van der Waals surface area (Å²) in [6, 6.07) is 3.68. The van der Waals surface area contributed by atoms with Gasteiger partial charge in [-0.25, -0.2) is 18.7 Å². The lowest BCUT2D eigenvalue weighted by molar-refractivity contribution is 0.588. The van der Waals surface area contributed by atoms with Gasteiger partial charge in [-0.05, 0) is 18.6 Å². The molecule has 2 aromatic rings. The van der Waals surface area contributed by atoms with Crippen LogP contribution in [0.3, 0.4) is 0 Å². The zero-order valence-corrected chi connectivity index (χ0v) is 9.80. The summed E-state index contributed by atoms with van der Waals surface area (Å²) in [6.07, 6.45) is 1.70.